The number of carbonyl (C=O) groups is 1. The minimum atomic E-state index is -0.357. The van der Waals surface area contributed by atoms with Crippen molar-refractivity contribution in [1.29, 1.82) is 0 Å². The van der Waals surface area contributed by atoms with E-state index in [1.54, 1.807) is 0 Å². The van der Waals surface area contributed by atoms with Crippen molar-refractivity contribution in [2.45, 2.75) is 57.4 Å². The summed E-state index contributed by atoms with van der Waals surface area (Å²) in [5, 5.41) is 0. The largest absolute Gasteiger partial charge is 0.297 e. The number of fused-ring (bicyclic) bond motifs is 1. The molecule has 1 aliphatic heterocycles. The number of rotatable bonds is 3. The van der Waals surface area contributed by atoms with Crippen LogP contribution in [0.15, 0.2) is 18.3 Å². The maximum Gasteiger partial charge on any atom is 0.161 e. The zero-order chi connectivity index (χ0) is 14.2. The normalized spacial score (nSPS) is 23.6. The van der Waals surface area contributed by atoms with Crippen LogP contribution in [0.3, 0.4) is 0 Å². The first kappa shape index (κ1) is 13.7. The Bertz CT molecular complexity index is 503. The molecule has 20 heavy (non-hydrogen) atoms. The van der Waals surface area contributed by atoms with Gasteiger partial charge in [0.2, 0.25) is 0 Å². The molecular weight excluding hydrogens is 248 g/mol. The summed E-state index contributed by atoms with van der Waals surface area (Å²) in [5.74, 6) is 0.361. The Kier molecular flexibility index (Phi) is 3.63. The minimum absolute atomic E-state index is 0.00289. The summed E-state index contributed by atoms with van der Waals surface area (Å²) in [7, 11) is 0. The third kappa shape index (κ3) is 2.28. The monoisotopic (exact) mass is 272 g/mol. The molecule has 3 nitrogen and oxygen atoms in total. The van der Waals surface area contributed by atoms with E-state index in [0.717, 1.165) is 31.6 Å². The molecule has 0 aromatic carbocycles. The third-order valence-electron chi connectivity index (χ3n) is 5.02. The molecule has 2 aliphatic rings. The number of carbonyl (C=O) groups excluding carboxylic acids is 1. The van der Waals surface area contributed by atoms with E-state index in [-0.39, 0.29) is 11.5 Å². The lowest BCUT2D eigenvalue weighted by Crippen LogP contribution is -2.53. The van der Waals surface area contributed by atoms with E-state index in [1.807, 2.05) is 12.3 Å². The average Bonchev–Trinajstić information content (AvgIpc) is 2.91. The zero-order valence-corrected chi connectivity index (χ0v) is 12.6. The molecule has 1 unspecified atom stereocenters. The number of pyridine rings is 1. The second-order valence-corrected chi connectivity index (χ2v) is 6.61. The van der Waals surface area contributed by atoms with E-state index >= 15 is 0 Å². The van der Waals surface area contributed by atoms with E-state index in [0.29, 0.717) is 5.78 Å². The van der Waals surface area contributed by atoms with Gasteiger partial charge in [-0.15, -0.1) is 0 Å². The third-order valence-corrected chi connectivity index (χ3v) is 5.02. The summed E-state index contributed by atoms with van der Waals surface area (Å²) in [4.78, 5) is 19.9. The highest BCUT2D eigenvalue weighted by Gasteiger charge is 2.42. The number of nitrogens with zero attached hydrogens (tertiary/aromatic N) is 2. The molecule has 0 saturated carbocycles. The first-order chi connectivity index (χ1) is 9.60. The number of piperidine rings is 1. The summed E-state index contributed by atoms with van der Waals surface area (Å²) in [6.45, 7) is 6.31. The molecule has 108 valence electrons. The lowest BCUT2D eigenvalue weighted by Gasteiger charge is -2.41. The standard InChI is InChI=1S/C17H24N2O/c1-17(2,19-11-4-3-5-12-19)16(20)14-9-8-13-7-6-10-18-15(13)14/h6-7,10,14H,3-5,8-9,11-12H2,1-2H3. The number of likely N-dealkylation sites (tertiary alicyclic amines) is 1. The smallest absolute Gasteiger partial charge is 0.161 e. The predicted molar refractivity (Wildman–Crippen MR) is 79.8 cm³/mol. The molecular formula is C17H24N2O. The fraction of sp³-hybridized carbons (Fsp3) is 0.647. The molecule has 1 aromatic heterocycles. The molecule has 1 atom stereocenters. The number of ketones is 1. The highest BCUT2D eigenvalue weighted by atomic mass is 16.1. The molecule has 1 fully saturated rings. The van der Waals surface area contributed by atoms with Crippen molar-refractivity contribution >= 4 is 5.78 Å². The Hall–Kier alpha value is -1.22. The molecule has 0 amide bonds. The van der Waals surface area contributed by atoms with Gasteiger partial charge in [-0.25, -0.2) is 0 Å². The Morgan fingerprint density at radius 3 is 2.80 bits per heavy atom. The summed E-state index contributed by atoms with van der Waals surface area (Å²) in [6, 6.07) is 4.09. The zero-order valence-electron chi connectivity index (χ0n) is 12.6. The van der Waals surface area contributed by atoms with Gasteiger partial charge in [0.05, 0.1) is 17.2 Å². The van der Waals surface area contributed by atoms with Crippen LogP contribution >= 0.6 is 0 Å². The maximum absolute atomic E-state index is 13.0. The molecule has 3 rings (SSSR count). The van der Waals surface area contributed by atoms with Gasteiger partial charge >= 0.3 is 0 Å². The van der Waals surface area contributed by atoms with Crippen molar-refractivity contribution in [3.8, 4) is 0 Å². The van der Waals surface area contributed by atoms with Crippen molar-refractivity contribution in [3.63, 3.8) is 0 Å². The number of hydrogen-bond donors (Lipinski definition) is 0. The van der Waals surface area contributed by atoms with Crippen LogP contribution in [0.2, 0.25) is 0 Å². The molecule has 0 radical (unpaired) electrons. The van der Waals surface area contributed by atoms with Gasteiger partial charge < -0.3 is 0 Å². The molecule has 0 spiro atoms. The molecule has 1 aromatic rings. The Morgan fingerprint density at radius 2 is 2.05 bits per heavy atom. The summed E-state index contributed by atoms with van der Waals surface area (Å²) in [6.07, 6.45) is 7.48. The van der Waals surface area contributed by atoms with Crippen molar-refractivity contribution < 1.29 is 4.79 Å². The molecule has 1 saturated heterocycles. The minimum Gasteiger partial charge on any atom is -0.297 e. The van der Waals surface area contributed by atoms with Gasteiger partial charge in [-0.3, -0.25) is 14.7 Å². The molecule has 0 bridgehead atoms. The van der Waals surface area contributed by atoms with Gasteiger partial charge in [-0.2, -0.15) is 0 Å². The van der Waals surface area contributed by atoms with Crippen molar-refractivity contribution in [2.75, 3.05) is 13.1 Å². The molecule has 2 heterocycles. The van der Waals surface area contributed by atoms with Crippen LogP contribution < -0.4 is 0 Å². The van der Waals surface area contributed by atoms with Crippen LogP contribution in [-0.4, -0.2) is 34.3 Å². The van der Waals surface area contributed by atoms with Gasteiger partial charge in [-0.05, 0) is 64.3 Å². The maximum atomic E-state index is 13.0. The van der Waals surface area contributed by atoms with Gasteiger partial charge in [0.15, 0.2) is 5.78 Å². The second-order valence-electron chi connectivity index (χ2n) is 6.61. The van der Waals surface area contributed by atoms with E-state index in [2.05, 4.69) is 29.8 Å². The highest BCUT2D eigenvalue weighted by Crippen LogP contribution is 2.36. The van der Waals surface area contributed by atoms with Crippen LogP contribution in [0.5, 0.6) is 0 Å². The number of aryl methyl sites for hydroxylation is 1. The van der Waals surface area contributed by atoms with Crippen LogP contribution in [0.1, 0.15) is 56.7 Å². The Balaban J connectivity index is 1.82. The fourth-order valence-corrected chi connectivity index (χ4v) is 3.70. The lowest BCUT2D eigenvalue weighted by molar-refractivity contribution is -0.131. The van der Waals surface area contributed by atoms with Crippen molar-refractivity contribution in [2.24, 2.45) is 0 Å². The van der Waals surface area contributed by atoms with Crippen LogP contribution in [0, 0.1) is 0 Å². The quantitative estimate of drug-likeness (QED) is 0.848. The average molecular weight is 272 g/mol. The van der Waals surface area contributed by atoms with Crippen LogP contribution in [0.25, 0.3) is 0 Å². The van der Waals surface area contributed by atoms with Crippen molar-refractivity contribution in [3.05, 3.63) is 29.6 Å². The molecule has 0 N–H and O–H groups in total. The Labute approximate surface area is 121 Å². The van der Waals surface area contributed by atoms with E-state index in [4.69, 9.17) is 0 Å². The first-order valence-electron chi connectivity index (χ1n) is 7.84. The van der Waals surface area contributed by atoms with Gasteiger partial charge in [-0.1, -0.05) is 12.5 Å². The molecule has 1 aliphatic carbocycles. The topological polar surface area (TPSA) is 33.2 Å². The van der Waals surface area contributed by atoms with Crippen LogP contribution in [-0.2, 0) is 11.2 Å². The number of aromatic nitrogens is 1. The van der Waals surface area contributed by atoms with E-state index in [1.165, 1.54) is 24.8 Å². The predicted octanol–water partition coefficient (Wildman–Crippen LogP) is 2.95. The van der Waals surface area contributed by atoms with E-state index in [9.17, 15) is 4.79 Å². The van der Waals surface area contributed by atoms with Crippen LogP contribution in [0.4, 0.5) is 0 Å². The first-order valence-corrected chi connectivity index (χ1v) is 7.84. The van der Waals surface area contributed by atoms with Gasteiger partial charge in [0, 0.05) is 6.20 Å². The fourth-order valence-electron chi connectivity index (χ4n) is 3.70. The van der Waals surface area contributed by atoms with Gasteiger partial charge in [0.1, 0.15) is 0 Å². The van der Waals surface area contributed by atoms with Gasteiger partial charge in [0.25, 0.3) is 0 Å². The summed E-state index contributed by atoms with van der Waals surface area (Å²) in [5.41, 5.74) is 1.94. The second kappa shape index (κ2) is 5.28. The molecule has 3 heteroatoms. The Morgan fingerprint density at radius 1 is 1.30 bits per heavy atom. The summed E-state index contributed by atoms with van der Waals surface area (Å²) < 4.78 is 0. The summed E-state index contributed by atoms with van der Waals surface area (Å²) >= 11 is 0. The highest BCUT2D eigenvalue weighted by molar-refractivity contribution is 5.94. The number of Topliss-reactive ketones (excluding diaryl/α,β-unsaturated/α-hetero) is 1. The SMILES string of the molecule is CC(C)(C(=O)C1CCc2cccnc21)N1CCCCC1. The lowest BCUT2D eigenvalue weighted by atomic mass is 9.84. The number of hydrogen-bond acceptors (Lipinski definition) is 3. The van der Waals surface area contributed by atoms with E-state index < -0.39 is 0 Å². The van der Waals surface area contributed by atoms with Crippen molar-refractivity contribution in [1.82, 2.24) is 9.88 Å².